The van der Waals surface area contributed by atoms with Crippen LogP contribution in [-0.4, -0.2) is 51.6 Å². The van der Waals surface area contributed by atoms with E-state index in [1.165, 1.54) is 6.42 Å². The lowest BCUT2D eigenvalue weighted by molar-refractivity contribution is -0.147. The number of aryl methyl sites for hydroxylation is 1. The quantitative estimate of drug-likeness (QED) is 0.338. The molecule has 0 heterocycles. The molecule has 8 nitrogen and oxygen atoms in total. The van der Waals surface area contributed by atoms with Crippen molar-refractivity contribution < 1.29 is 24.2 Å². The van der Waals surface area contributed by atoms with Gasteiger partial charge in [-0.2, -0.15) is 0 Å². The highest BCUT2D eigenvalue weighted by Gasteiger charge is 2.43. The van der Waals surface area contributed by atoms with Gasteiger partial charge >= 0.3 is 6.09 Å². The Morgan fingerprint density at radius 2 is 1.62 bits per heavy atom. The molecule has 2 fully saturated rings. The van der Waals surface area contributed by atoms with Crippen LogP contribution in [0.3, 0.4) is 0 Å². The van der Waals surface area contributed by atoms with Gasteiger partial charge in [0.2, 0.25) is 11.8 Å². The standard InChI is InChI=1S/C34H47N3O5/c1-22-11-9-16-28(23(22)2)30(31(39)35-25-12-7-6-8-13-25)37(26-14-10-15-26)32(40)29(36-33(41)42-34(3,4)5)21-24-17-19-27(38)20-18-24/h9,11,16-20,25-26,29-30,38H,6-8,10,12-15,21H2,1-5H3,(H,35,39)(H,36,41). The Morgan fingerprint density at radius 1 is 0.952 bits per heavy atom. The van der Waals surface area contributed by atoms with Gasteiger partial charge in [-0.1, -0.05) is 49.6 Å². The fourth-order valence-corrected chi connectivity index (χ4v) is 5.89. The first kappa shape index (κ1) is 31.4. The Balaban J connectivity index is 1.74. The molecule has 2 saturated carbocycles. The average Bonchev–Trinajstić information content (AvgIpc) is 2.89. The first-order chi connectivity index (χ1) is 19.9. The van der Waals surface area contributed by atoms with Gasteiger partial charge in [0.05, 0.1) is 0 Å². The summed E-state index contributed by atoms with van der Waals surface area (Å²) in [6.07, 6.45) is 7.27. The molecule has 8 heteroatoms. The number of hydrogen-bond acceptors (Lipinski definition) is 5. The van der Waals surface area contributed by atoms with Gasteiger partial charge in [-0.15, -0.1) is 0 Å². The number of aromatic hydroxyl groups is 1. The van der Waals surface area contributed by atoms with Crippen molar-refractivity contribution in [3.8, 4) is 5.75 Å². The van der Waals surface area contributed by atoms with E-state index in [1.54, 1.807) is 49.9 Å². The lowest BCUT2D eigenvalue weighted by Crippen LogP contribution is -2.58. The van der Waals surface area contributed by atoms with Crippen molar-refractivity contribution in [3.63, 3.8) is 0 Å². The summed E-state index contributed by atoms with van der Waals surface area (Å²) in [6, 6.07) is 10.7. The maximum Gasteiger partial charge on any atom is 0.408 e. The third kappa shape index (κ3) is 8.05. The molecular weight excluding hydrogens is 530 g/mol. The maximum absolute atomic E-state index is 14.7. The molecule has 2 aliphatic rings. The Bertz CT molecular complexity index is 1240. The molecule has 2 aliphatic carbocycles. The van der Waals surface area contributed by atoms with Crippen LogP contribution < -0.4 is 10.6 Å². The van der Waals surface area contributed by atoms with Gasteiger partial charge in [-0.3, -0.25) is 9.59 Å². The Hall–Kier alpha value is -3.55. The number of benzene rings is 2. The van der Waals surface area contributed by atoms with Gasteiger partial charge in [-0.05, 0) is 101 Å². The SMILES string of the molecule is Cc1cccc(C(C(=O)NC2CCCCC2)N(C(=O)C(Cc2ccc(O)cc2)NC(=O)OC(C)(C)C)C2CCC2)c1C. The summed E-state index contributed by atoms with van der Waals surface area (Å²) in [4.78, 5) is 43.7. The van der Waals surface area contributed by atoms with Gasteiger partial charge in [0.15, 0.2) is 0 Å². The number of phenolic OH excluding ortho intramolecular Hbond substituents is 1. The number of nitrogens with zero attached hydrogens (tertiary/aromatic N) is 1. The van der Waals surface area contributed by atoms with Gasteiger partial charge in [0.1, 0.15) is 23.4 Å². The van der Waals surface area contributed by atoms with E-state index in [0.29, 0.717) is 0 Å². The zero-order valence-corrected chi connectivity index (χ0v) is 25.7. The molecule has 2 unspecified atom stereocenters. The van der Waals surface area contributed by atoms with Crippen LogP contribution in [0.1, 0.15) is 100 Å². The van der Waals surface area contributed by atoms with Crippen LogP contribution in [0.15, 0.2) is 42.5 Å². The molecule has 0 spiro atoms. The van der Waals surface area contributed by atoms with Crippen molar-refractivity contribution in [1.29, 1.82) is 0 Å². The molecule has 0 aliphatic heterocycles. The molecule has 42 heavy (non-hydrogen) atoms. The number of alkyl carbamates (subject to hydrolysis) is 1. The van der Waals surface area contributed by atoms with Gasteiger partial charge in [0, 0.05) is 18.5 Å². The van der Waals surface area contributed by atoms with Crippen LogP contribution >= 0.6 is 0 Å². The summed E-state index contributed by atoms with van der Waals surface area (Å²) in [5.74, 6) is -0.368. The van der Waals surface area contributed by atoms with Crippen LogP contribution in [0, 0.1) is 13.8 Å². The first-order valence-corrected chi connectivity index (χ1v) is 15.4. The van der Waals surface area contributed by atoms with Crippen LogP contribution in [0.2, 0.25) is 0 Å². The Morgan fingerprint density at radius 3 is 2.21 bits per heavy atom. The predicted octanol–water partition coefficient (Wildman–Crippen LogP) is 6.02. The van der Waals surface area contributed by atoms with Crippen molar-refractivity contribution in [3.05, 3.63) is 64.7 Å². The number of nitrogens with one attached hydrogen (secondary N) is 2. The number of hydrogen-bond donors (Lipinski definition) is 3. The topological polar surface area (TPSA) is 108 Å². The van der Waals surface area contributed by atoms with Crippen LogP contribution in [0.5, 0.6) is 5.75 Å². The monoisotopic (exact) mass is 577 g/mol. The Kier molecular flexibility index (Phi) is 10.2. The van der Waals surface area contributed by atoms with Crippen molar-refractivity contribution in [2.75, 3.05) is 0 Å². The molecular formula is C34H47N3O5. The van der Waals surface area contributed by atoms with Crippen LogP contribution in [-0.2, 0) is 20.7 Å². The van der Waals surface area contributed by atoms with E-state index in [9.17, 15) is 19.5 Å². The summed E-state index contributed by atoms with van der Waals surface area (Å²) >= 11 is 0. The van der Waals surface area contributed by atoms with E-state index in [-0.39, 0.29) is 36.1 Å². The zero-order valence-electron chi connectivity index (χ0n) is 25.7. The molecule has 3 amide bonds. The maximum atomic E-state index is 14.7. The van der Waals surface area contributed by atoms with E-state index in [4.69, 9.17) is 4.74 Å². The molecule has 0 saturated heterocycles. The van der Waals surface area contributed by atoms with E-state index in [1.807, 2.05) is 32.0 Å². The molecule has 4 rings (SSSR count). The zero-order chi connectivity index (χ0) is 30.4. The number of carbonyl (C=O) groups excluding carboxylic acids is 3. The summed E-state index contributed by atoms with van der Waals surface area (Å²) in [5, 5.41) is 15.9. The van der Waals surface area contributed by atoms with Crippen molar-refractivity contribution in [2.24, 2.45) is 0 Å². The molecule has 0 bridgehead atoms. The minimum Gasteiger partial charge on any atom is -0.508 e. The highest BCUT2D eigenvalue weighted by Crippen LogP contribution is 2.36. The second-order valence-electron chi connectivity index (χ2n) is 12.9. The fourth-order valence-electron chi connectivity index (χ4n) is 5.89. The molecule has 2 aromatic carbocycles. The number of rotatable bonds is 9. The largest absolute Gasteiger partial charge is 0.508 e. The summed E-state index contributed by atoms with van der Waals surface area (Å²) in [6.45, 7) is 9.34. The average molecular weight is 578 g/mol. The van der Waals surface area contributed by atoms with Crippen LogP contribution in [0.4, 0.5) is 4.79 Å². The molecule has 2 aromatic rings. The Labute approximate surface area is 250 Å². The lowest BCUT2D eigenvalue weighted by atomic mass is 9.86. The van der Waals surface area contributed by atoms with E-state index < -0.39 is 23.8 Å². The predicted molar refractivity (Wildman–Crippen MR) is 163 cm³/mol. The molecule has 0 radical (unpaired) electrons. The van der Waals surface area contributed by atoms with Crippen molar-refractivity contribution in [2.45, 2.75) is 122 Å². The molecule has 2 atom stereocenters. The second kappa shape index (κ2) is 13.6. The normalized spacial score (nSPS) is 17.5. The summed E-state index contributed by atoms with van der Waals surface area (Å²) in [5.41, 5.74) is 2.87. The fraction of sp³-hybridized carbons (Fsp3) is 0.559. The molecule has 0 aromatic heterocycles. The third-order valence-corrected chi connectivity index (χ3v) is 8.51. The highest BCUT2D eigenvalue weighted by molar-refractivity contribution is 5.93. The summed E-state index contributed by atoms with van der Waals surface area (Å²) < 4.78 is 5.54. The number of phenols is 1. The minimum absolute atomic E-state index is 0.0879. The molecule has 3 N–H and O–H groups in total. The second-order valence-corrected chi connectivity index (χ2v) is 12.9. The molecule has 228 valence electrons. The van der Waals surface area contributed by atoms with Crippen molar-refractivity contribution >= 4 is 17.9 Å². The van der Waals surface area contributed by atoms with Crippen LogP contribution in [0.25, 0.3) is 0 Å². The number of ether oxygens (including phenoxy) is 1. The smallest absolute Gasteiger partial charge is 0.408 e. The third-order valence-electron chi connectivity index (χ3n) is 8.51. The minimum atomic E-state index is -0.972. The van der Waals surface area contributed by atoms with E-state index in [2.05, 4.69) is 10.6 Å². The van der Waals surface area contributed by atoms with Gasteiger partial charge in [-0.25, -0.2) is 4.79 Å². The van der Waals surface area contributed by atoms with E-state index in [0.717, 1.165) is 67.2 Å². The number of amides is 3. The van der Waals surface area contributed by atoms with Gasteiger partial charge in [0.25, 0.3) is 0 Å². The lowest BCUT2D eigenvalue weighted by Gasteiger charge is -2.44. The van der Waals surface area contributed by atoms with E-state index >= 15 is 0 Å². The highest BCUT2D eigenvalue weighted by atomic mass is 16.6. The first-order valence-electron chi connectivity index (χ1n) is 15.4. The van der Waals surface area contributed by atoms with Crippen molar-refractivity contribution in [1.82, 2.24) is 15.5 Å². The van der Waals surface area contributed by atoms with Gasteiger partial charge < -0.3 is 25.4 Å². The number of carbonyl (C=O) groups is 3. The summed E-state index contributed by atoms with van der Waals surface area (Å²) in [7, 11) is 0.